The van der Waals surface area contributed by atoms with Crippen LogP contribution in [-0.4, -0.2) is 10.8 Å². The van der Waals surface area contributed by atoms with Crippen LogP contribution >= 0.6 is 0 Å². The van der Waals surface area contributed by atoms with E-state index in [1.165, 1.54) is 31.5 Å². The smallest absolute Gasteiger partial charge is 0.168 e. The Hall–Kier alpha value is -1.25. The van der Waals surface area contributed by atoms with Gasteiger partial charge >= 0.3 is 0 Å². The fraction of sp³-hybridized carbons (Fsp3) is 0.500. The van der Waals surface area contributed by atoms with Gasteiger partial charge in [0.2, 0.25) is 0 Å². The number of pyridine rings is 1. The Morgan fingerprint density at radius 2 is 2.07 bits per heavy atom. The molecule has 0 saturated heterocycles. The average Bonchev–Trinajstić information content (AvgIpc) is 2.70. The van der Waals surface area contributed by atoms with E-state index < -0.39 is 5.82 Å². The lowest BCUT2D eigenvalue weighted by Gasteiger charge is -2.02. The van der Waals surface area contributed by atoms with Gasteiger partial charge in [0.15, 0.2) is 5.78 Å². The molecule has 2 nitrogen and oxygen atoms in total. The molecule has 0 N–H and O–H groups in total. The van der Waals surface area contributed by atoms with Gasteiger partial charge < -0.3 is 0 Å². The predicted octanol–water partition coefficient (Wildman–Crippen LogP) is 2.45. The standard InChI is InChI=1S/C12H12FNO/c13-8-4-7(5-14-6-8)12(15)11-9-2-1-3-10(9)11/h4-6,9-11H,1-3H2. The monoisotopic (exact) mass is 205 g/mol. The molecule has 0 amide bonds. The summed E-state index contributed by atoms with van der Waals surface area (Å²) in [6.07, 6.45) is 6.19. The van der Waals surface area contributed by atoms with Crippen LogP contribution in [0.15, 0.2) is 18.5 Å². The summed E-state index contributed by atoms with van der Waals surface area (Å²) in [5.41, 5.74) is 0.439. The van der Waals surface area contributed by atoms with Crippen LogP contribution in [0.5, 0.6) is 0 Å². The third-order valence-electron chi connectivity index (χ3n) is 3.70. The summed E-state index contributed by atoms with van der Waals surface area (Å²) in [7, 11) is 0. The first-order valence-corrected chi connectivity index (χ1v) is 5.42. The zero-order chi connectivity index (χ0) is 10.4. The number of hydrogen-bond donors (Lipinski definition) is 0. The molecule has 3 heteroatoms. The minimum absolute atomic E-state index is 0.0942. The molecule has 1 aromatic heterocycles. The summed E-state index contributed by atoms with van der Waals surface area (Å²) in [5, 5.41) is 0. The average molecular weight is 205 g/mol. The number of nitrogens with zero attached hydrogens (tertiary/aromatic N) is 1. The molecule has 0 radical (unpaired) electrons. The molecule has 2 saturated carbocycles. The molecule has 15 heavy (non-hydrogen) atoms. The summed E-state index contributed by atoms with van der Waals surface area (Å²) in [4.78, 5) is 15.7. The highest BCUT2D eigenvalue weighted by atomic mass is 19.1. The maximum absolute atomic E-state index is 12.9. The maximum Gasteiger partial charge on any atom is 0.168 e. The van der Waals surface area contributed by atoms with Gasteiger partial charge in [-0.1, -0.05) is 6.42 Å². The first-order valence-electron chi connectivity index (χ1n) is 5.42. The Balaban J connectivity index is 1.81. The number of aromatic nitrogens is 1. The number of ketones is 1. The highest BCUT2D eigenvalue weighted by Crippen LogP contribution is 2.58. The Labute approximate surface area is 87.5 Å². The van der Waals surface area contributed by atoms with E-state index in [0.29, 0.717) is 17.4 Å². The van der Waals surface area contributed by atoms with E-state index in [2.05, 4.69) is 4.98 Å². The van der Waals surface area contributed by atoms with Crippen LogP contribution in [0.4, 0.5) is 4.39 Å². The van der Waals surface area contributed by atoms with Gasteiger partial charge in [-0.05, 0) is 30.7 Å². The molecular weight excluding hydrogens is 193 g/mol. The third kappa shape index (κ3) is 1.37. The van der Waals surface area contributed by atoms with E-state index in [-0.39, 0.29) is 11.7 Å². The van der Waals surface area contributed by atoms with Crippen molar-refractivity contribution in [2.45, 2.75) is 19.3 Å². The van der Waals surface area contributed by atoms with E-state index in [1.807, 2.05) is 0 Å². The first-order chi connectivity index (χ1) is 7.27. The molecule has 0 spiro atoms. The van der Waals surface area contributed by atoms with Gasteiger partial charge in [-0.2, -0.15) is 0 Å². The largest absolute Gasteiger partial charge is 0.294 e. The zero-order valence-corrected chi connectivity index (χ0v) is 8.32. The van der Waals surface area contributed by atoms with Crippen LogP contribution in [0.25, 0.3) is 0 Å². The SMILES string of the molecule is O=C(c1cncc(F)c1)C1C2CCCC21. The predicted molar refractivity (Wildman–Crippen MR) is 52.8 cm³/mol. The van der Waals surface area contributed by atoms with Crippen LogP contribution in [0, 0.1) is 23.6 Å². The van der Waals surface area contributed by atoms with Crippen molar-refractivity contribution in [1.82, 2.24) is 4.98 Å². The van der Waals surface area contributed by atoms with Gasteiger partial charge in [0.1, 0.15) is 5.82 Å². The van der Waals surface area contributed by atoms with Gasteiger partial charge in [0, 0.05) is 17.7 Å². The highest BCUT2D eigenvalue weighted by molar-refractivity contribution is 5.99. The minimum Gasteiger partial charge on any atom is -0.294 e. The second kappa shape index (κ2) is 3.12. The second-order valence-corrected chi connectivity index (χ2v) is 4.54. The quantitative estimate of drug-likeness (QED) is 0.694. The van der Waals surface area contributed by atoms with Gasteiger partial charge in [-0.15, -0.1) is 0 Å². The van der Waals surface area contributed by atoms with Crippen LogP contribution < -0.4 is 0 Å². The number of carbonyl (C=O) groups excluding carboxylic acids is 1. The van der Waals surface area contributed by atoms with E-state index in [4.69, 9.17) is 0 Å². The van der Waals surface area contributed by atoms with E-state index >= 15 is 0 Å². The zero-order valence-electron chi connectivity index (χ0n) is 8.32. The molecule has 0 bridgehead atoms. The molecule has 2 fully saturated rings. The van der Waals surface area contributed by atoms with Gasteiger partial charge in [-0.25, -0.2) is 4.39 Å². The van der Waals surface area contributed by atoms with Crippen molar-refractivity contribution in [3.05, 3.63) is 29.8 Å². The topological polar surface area (TPSA) is 30.0 Å². The number of hydrogen-bond acceptors (Lipinski definition) is 2. The summed E-state index contributed by atoms with van der Waals surface area (Å²) < 4.78 is 12.9. The van der Waals surface area contributed by atoms with E-state index in [9.17, 15) is 9.18 Å². The number of halogens is 1. The summed E-state index contributed by atoms with van der Waals surface area (Å²) in [6.45, 7) is 0. The lowest BCUT2D eigenvalue weighted by molar-refractivity contribution is 0.0950. The van der Waals surface area contributed by atoms with Crippen molar-refractivity contribution in [3.63, 3.8) is 0 Å². The second-order valence-electron chi connectivity index (χ2n) is 4.54. The maximum atomic E-state index is 12.9. The number of rotatable bonds is 2. The fourth-order valence-corrected chi connectivity index (χ4v) is 2.95. The highest BCUT2D eigenvalue weighted by Gasteiger charge is 2.56. The van der Waals surface area contributed by atoms with Crippen LogP contribution in [0.1, 0.15) is 29.6 Å². The Kier molecular flexibility index (Phi) is 1.87. The van der Waals surface area contributed by atoms with E-state index in [1.54, 1.807) is 0 Å². The third-order valence-corrected chi connectivity index (χ3v) is 3.70. The van der Waals surface area contributed by atoms with Crippen LogP contribution in [0.2, 0.25) is 0 Å². The lowest BCUT2D eigenvalue weighted by Crippen LogP contribution is -2.07. The summed E-state index contributed by atoms with van der Waals surface area (Å²) in [5.74, 6) is 1.01. The Morgan fingerprint density at radius 1 is 1.33 bits per heavy atom. The molecule has 1 aromatic rings. The van der Waals surface area contributed by atoms with Crippen molar-refractivity contribution < 1.29 is 9.18 Å². The lowest BCUT2D eigenvalue weighted by atomic mass is 10.0. The first kappa shape index (κ1) is 9.01. The Morgan fingerprint density at radius 3 is 2.73 bits per heavy atom. The number of carbonyl (C=O) groups is 1. The molecule has 2 aliphatic carbocycles. The number of Topliss-reactive ketones (excluding diaryl/α,β-unsaturated/α-hetero) is 1. The Bertz CT molecular complexity index is 408. The van der Waals surface area contributed by atoms with Gasteiger partial charge in [0.05, 0.1) is 6.20 Å². The van der Waals surface area contributed by atoms with E-state index in [0.717, 1.165) is 6.20 Å². The molecule has 78 valence electrons. The normalized spacial score (nSPS) is 32.5. The molecule has 0 aliphatic heterocycles. The van der Waals surface area contributed by atoms with Crippen molar-refractivity contribution >= 4 is 5.78 Å². The van der Waals surface area contributed by atoms with Crippen LogP contribution in [-0.2, 0) is 0 Å². The molecule has 0 aromatic carbocycles. The molecule has 2 atom stereocenters. The molecular formula is C12H12FNO. The summed E-state index contributed by atoms with van der Waals surface area (Å²) in [6, 6.07) is 1.30. The van der Waals surface area contributed by atoms with Gasteiger partial charge in [0.25, 0.3) is 0 Å². The van der Waals surface area contributed by atoms with Crippen molar-refractivity contribution in [3.8, 4) is 0 Å². The van der Waals surface area contributed by atoms with Crippen molar-refractivity contribution in [2.75, 3.05) is 0 Å². The minimum atomic E-state index is -0.424. The van der Waals surface area contributed by atoms with Crippen molar-refractivity contribution in [2.24, 2.45) is 17.8 Å². The number of fused-ring (bicyclic) bond motifs is 1. The molecule has 3 rings (SSSR count). The molecule has 2 unspecified atom stereocenters. The molecule has 1 heterocycles. The van der Waals surface area contributed by atoms with Crippen molar-refractivity contribution in [1.29, 1.82) is 0 Å². The van der Waals surface area contributed by atoms with Gasteiger partial charge in [-0.3, -0.25) is 9.78 Å². The van der Waals surface area contributed by atoms with Crippen LogP contribution in [0.3, 0.4) is 0 Å². The fourth-order valence-electron chi connectivity index (χ4n) is 2.95. The molecule has 2 aliphatic rings. The summed E-state index contributed by atoms with van der Waals surface area (Å²) >= 11 is 0.